The highest BCUT2D eigenvalue weighted by atomic mass is 35.5. The van der Waals surface area contributed by atoms with Crippen LogP contribution >= 0.6 is 11.6 Å². The molecule has 4 rings (SSSR count). The van der Waals surface area contributed by atoms with Crippen LogP contribution in [0.25, 0.3) is 22.2 Å². The lowest BCUT2D eigenvalue weighted by atomic mass is 10.1. The van der Waals surface area contributed by atoms with Gasteiger partial charge in [0.25, 0.3) is 0 Å². The standard InChI is InChI=1S/C19H12ClNO4/c20-14-5-1-12(2-6-14)17-9-16(25-21-17)11-23-15-7-3-13-4-8-19(22)24-18(13)10-15/h1-10H,11H2. The van der Waals surface area contributed by atoms with Gasteiger partial charge in [0, 0.05) is 34.2 Å². The summed E-state index contributed by atoms with van der Waals surface area (Å²) in [5.41, 5.74) is 1.70. The van der Waals surface area contributed by atoms with Crippen LogP contribution < -0.4 is 10.4 Å². The molecule has 25 heavy (non-hydrogen) atoms. The van der Waals surface area contributed by atoms with Gasteiger partial charge in [0.15, 0.2) is 5.76 Å². The Balaban J connectivity index is 1.50. The highest BCUT2D eigenvalue weighted by Crippen LogP contribution is 2.23. The number of nitrogens with zero attached hydrogens (tertiary/aromatic N) is 1. The van der Waals surface area contributed by atoms with Gasteiger partial charge >= 0.3 is 5.63 Å². The highest BCUT2D eigenvalue weighted by Gasteiger charge is 2.08. The van der Waals surface area contributed by atoms with Crippen LogP contribution in [-0.2, 0) is 6.61 Å². The van der Waals surface area contributed by atoms with E-state index >= 15 is 0 Å². The molecule has 0 aliphatic carbocycles. The van der Waals surface area contributed by atoms with E-state index in [1.54, 1.807) is 30.3 Å². The summed E-state index contributed by atoms with van der Waals surface area (Å²) in [6.45, 7) is 0.211. The van der Waals surface area contributed by atoms with Crippen molar-refractivity contribution in [1.82, 2.24) is 5.16 Å². The lowest BCUT2D eigenvalue weighted by Gasteiger charge is -2.04. The molecule has 2 heterocycles. The Bertz CT molecular complexity index is 1080. The normalized spacial score (nSPS) is 10.9. The molecule has 2 aromatic carbocycles. The third-order valence-electron chi connectivity index (χ3n) is 3.67. The molecule has 0 unspecified atom stereocenters. The van der Waals surface area contributed by atoms with E-state index in [0.717, 1.165) is 10.9 Å². The van der Waals surface area contributed by atoms with Gasteiger partial charge in [-0.25, -0.2) is 4.79 Å². The summed E-state index contributed by atoms with van der Waals surface area (Å²) in [6.07, 6.45) is 0. The van der Waals surface area contributed by atoms with E-state index in [4.69, 9.17) is 25.3 Å². The Morgan fingerprint density at radius 2 is 1.80 bits per heavy atom. The van der Waals surface area contributed by atoms with Crippen molar-refractivity contribution in [3.8, 4) is 17.0 Å². The molecule has 124 valence electrons. The van der Waals surface area contributed by atoms with Crippen molar-refractivity contribution in [2.45, 2.75) is 6.61 Å². The fourth-order valence-electron chi connectivity index (χ4n) is 2.42. The van der Waals surface area contributed by atoms with E-state index in [9.17, 15) is 4.79 Å². The summed E-state index contributed by atoms with van der Waals surface area (Å²) < 4.78 is 16.1. The topological polar surface area (TPSA) is 65.5 Å². The number of halogens is 1. The first-order valence-corrected chi connectivity index (χ1v) is 7.93. The maximum Gasteiger partial charge on any atom is 0.336 e. The third kappa shape index (κ3) is 3.41. The number of fused-ring (bicyclic) bond motifs is 1. The zero-order chi connectivity index (χ0) is 17.2. The molecule has 0 amide bonds. The zero-order valence-corrected chi connectivity index (χ0v) is 13.7. The molecule has 0 atom stereocenters. The number of ether oxygens (including phenoxy) is 1. The SMILES string of the molecule is O=c1ccc2ccc(OCc3cc(-c4ccc(Cl)cc4)no3)cc2o1. The second-order valence-corrected chi connectivity index (χ2v) is 5.86. The van der Waals surface area contributed by atoms with E-state index in [2.05, 4.69) is 5.16 Å². The molecule has 0 bridgehead atoms. The minimum atomic E-state index is -0.396. The van der Waals surface area contributed by atoms with Crippen LogP contribution in [0.15, 0.2) is 74.4 Å². The fourth-order valence-corrected chi connectivity index (χ4v) is 2.55. The lowest BCUT2D eigenvalue weighted by Crippen LogP contribution is -1.96. The molecular weight excluding hydrogens is 342 g/mol. The van der Waals surface area contributed by atoms with E-state index in [0.29, 0.717) is 27.8 Å². The number of benzene rings is 2. The van der Waals surface area contributed by atoms with Gasteiger partial charge in [0.05, 0.1) is 0 Å². The van der Waals surface area contributed by atoms with Crippen molar-refractivity contribution in [3.63, 3.8) is 0 Å². The summed E-state index contributed by atoms with van der Waals surface area (Å²) in [5, 5.41) is 5.53. The number of aromatic nitrogens is 1. The number of hydrogen-bond donors (Lipinski definition) is 0. The van der Waals surface area contributed by atoms with Crippen LogP contribution in [0.1, 0.15) is 5.76 Å². The number of hydrogen-bond acceptors (Lipinski definition) is 5. The fraction of sp³-hybridized carbons (Fsp3) is 0.0526. The molecule has 0 N–H and O–H groups in total. The molecule has 0 fully saturated rings. The maximum absolute atomic E-state index is 11.3. The molecule has 0 saturated heterocycles. The van der Waals surface area contributed by atoms with Crippen molar-refractivity contribution >= 4 is 22.6 Å². The average Bonchev–Trinajstić information content (AvgIpc) is 3.09. The maximum atomic E-state index is 11.3. The monoisotopic (exact) mass is 353 g/mol. The van der Waals surface area contributed by atoms with Crippen LogP contribution in [0.3, 0.4) is 0 Å². The summed E-state index contributed by atoms with van der Waals surface area (Å²) in [7, 11) is 0. The van der Waals surface area contributed by atoms with Gasteiger partial charge in [-0.15, -0.1) is 0 Å². The van der Waals surface area contributed by atoms with Gasteiger partial charge in [-0.05, 0) is 30.3 Å². The minimum Gasteiger partial charge on any atom is -0.485 e. The van der Waals surface area contributed by atoms with Gasteiger partial charge in [0.1, 0.15) is 23.6 Å². The summed E-state index contributed by atoms with van der Waals surface area (Å²) in [5.74, 6) is 1.16. The predicted octanol–water partition coefficient (Wildman–Crippen LogP) is 4.68. The van der Waals surface area contributed by atoms with Crippen molar-refractivity contribution in [1.29, 1.82) is 0 Å². The van der Waals surface area contributed by atoms with E-state index in [1.807, 2.05) is 24.3 Å². The Morgan fingerprint density at radius 3 is 2.64 bits per heavy atom. The molecule has 0 aliphatic rings. The molecule has 0 aliphatic heterocycles. The quantitative estimate of drug-likeness (QED) is 0.498. The molecule has 0 radical (unpaired) electrons. The van der Waals surface area contributed by atoms with E-state index in [-0.39, 0.29) is 6.61 Å². The van der Waals surface area contributed by atoms with Gasteiger partial charge in [-0.1, -0.05) is 28.9 Å². The van der Waals surface area contributed by atoms with Crippen molar-refractivity contribution in [3.05, 3.63) is 81.9 Å². The molecule has 6 heteroatoms. The van der Waals surface area contributed by atoms with Crippen molar-refractivity contribution in [2.75, 3.05) is 0 Å². The molecule has 2 aromatic heterocycles. The molecule has 0 saturated carbocycles. The Kier molecular flexibility index (Phi) is 3.99. The molecular formula is C19H12ClNO4. The predicted molar refractivity (Wildman–Crippen MR) is 93.8 cm³/mol. The zero-order valence-electron chi connectivity index (χ0n) is 12.9. The Morgan fingerprint density at radius 1 is 1.00 bits per heavy atom. The van der Waals surface area contributed by atoms with Crippen LogP contribution in [0.5, 0.6) is 5.75 Å². The minimum absolute atomic E-state index is 0.211. The van der Waals surface area contributed by atoms with Gasteiger partial charge in [0.2, 0.25) is 0 Å². The second kappa shape index (κ2) is 6.45. The van der Waals surface area contributed by atoms with E-state index < -0.39 is 5.63 Å². The number of rotatable bonds is 4. The first kappa shape index (κ1) is 15.5. The first-order valence-electron chi connectivity index (χ1n) is 7.56. The van der Waals surface area contributed by atoms with Gasteiger partial charge in [-0.3, -0.25) is 0 Å². The van der Waals surface area contributed by atoms with Crippen LogP contribution in [0.4, 0.5) is 0 Å². The van der Waals surface area contributed by atoms with Crippen molar-refractivity contribution in [2.24, 2.45) is 0 Å². The second-order valence-electron chi connectivity index (χ2n) is 5.43. The summed E-state index contributed by atoms with van der Waals surface area (Å²) in [4.78, 5) is 11.3. The largest absolute Gasteiger partial charge is 0.485 e. The van der Waals surface area contributed by atoms with Crippen LogP contribution in [0.2, 0.25) is 5.02 Å². The Labute approximate surface area is 147 Å². The van der Waals surface area contributed by atoms with Gasteiger partial charge < -0.3 is 13.7 Å². The van der Waals surface area contributed by atoms with Crippen molar-refractivity contribution < 1.29 is 13.7 Å². The van der Waals surface area contributed by atoms with Gasteiger partial charge in [-0.2, -0.15) is 0 Å². The summed E-state index contributed by atoms with van der Waals surface area (Å²) >= 11 is 5.88. The molecule has 0 spiro atoms. The van der Waals surface area contributed by atoms with E-state index in [1.165, 1.54) is 6.07 Å². The first-order chi connectivity index (χ1) is 12.2. The molecule has 5 nitrogen and oxygen atoms in total. The third-order valence-corrected chi connectivity index (χ3v) is 3.93. The summed E-state index contributed by atoms with van der Waals surface area (Å²) in [6, 6.07) is 17.5. The molecule has 4 aromatic rings. The smallest absolute Gasteiger partial charge is 0.336 e. The highest BCUT2D eigenvalue weighted by molar-refractivity contribution is 6.30. The average molecular weight is 354 g/mol. The van der Waals surface area contributed by atoms with Crippen LogP contribution in [-0.4, -0.2) is 5.16 Å². The lowest BCUT2D eigenvalue weighted by molar-refractivity contribution is 0.249. The Hall–Kier alpha value is -3.05. The van der Waals surface area contributed by atoms with Crippen LogP contribution in [0, 0.1) is 0 Å².